The lowest BCUT2D eigenvalue weighted by molar-refractivity contribution is -0.114. The Labute approximate surface area is 187 Å². The lowest BCUT2D eigenvalue weighted by Gasteiger charge is -2.30. The quantitative estimate of drug-likeness (QED) is 0.677. The molecule has 2 aromatic rings. The predicted molar refractivity (Wildman–Crippen MR) is 126 cm³/mol. The van der Waals surface area contributed by atoms with Crippen LogP contribution >= 0.6 is 11.8 Å². The Morgan fingerprint density at radius 1 is 1.16 bits per heavy atom. The number of anilines is 1. The van der Waals surface area contributed by atoms with E-state index in [0.29, 0.717) is 16.4 Å². The van der Waals surface area contributed by atoms with Crippen molar-refractivity contribution in [1.29, 1.82) is 0 Å². The Hall–Kier alpha value is -2.73. The van der Waals surface area contributed by atoms with E-state index in [2.05, 4.69) is 12.2 Å². The average Bonchev–Trinajstić information content (AvgIpc) is 2.79. The number of ether oxygens (including phenoxy) is 1. The van der Waals surface area contributed by atoms with Crippen LogP contribution in [0, 0.1) is 5.92 Å². The molecule has 1 heterocycles. The van der Waals surface area contributed by atoms with Crippen LogP contribution in [0.25, 0.3) is 6.08 Å². The van der Waals surface area contributed by atoms with Gasteiger partial charge in [-0.1, -0.05) is 43.7 Å². The van der Waals surface area contributed by atoms with Gasteiger partial charge in [0, 0.05) is 23.5 Å². The van der Waals surface area contributed by atoms with Crippen LogP contribution in [0.1, 0.15) is 48.5 Å². The van der Waals surface area contributed by atoms with Gasteiger partial charge in [-0.05, 0) is 60.7 Å². The molecule has 1 aliphatic heterocycles. The molecule has 0 bridgehead atoms. The van der Waals surface area contributed by atoms with Crippen LogP contribution in [0.15, 0.2) is 52.3 Å². The van der Waals surface area contributed by atoms with Gasteiger partial charge in [-0.3, -0.25) is 9.59 Å². The highest BCUT2D eigenvalue weighted by Gasteiger charge is 2.28. The summed E-state index contributed by atoms with van der Waals surface area (Å²) < 4.78 is 5.19. The Morgan fingerprint density at radius 3 is 2.61 bits per heavy atom. The molecule has 162 valence electrons. The zero-order valence-corrected chi connectivity index (χ0v) is 19.0. The summed E-state index contributed by atoms with van der Waals surface area (Å²) in [5.74, 6) is 1.14. The average molecular weight is 437 g/mol. The third kappa shape index (κ3) is 4.64. The number of amides is 2. The van der Waals surface area contributed by atoms with Crippen molar-refractivity contribution in [3.8, 4) is 5.75 Å². The second-order valence-corrected chi connectivity index (χ2v) is 9.36. The topological polar surface area (TPSA) is 58.6 Å². The molecule has 31 heavy (non-hydrogen) atoms. The summed E-state index contributed by atoms with van der Waals surface area (Å²) in [6, 6.07) is 13.4. The van der Waals surface area contributed by atoms with E-state index in [0.717, 1.165) is 41.2 Å². The van der Waals surface area contributed by atoms with E-state index >= 15 is 0 Å². The number of nitrogens with zero attached hydrogens (tertiary/aromatic N) is 1. The Bertz CT molecular complexity index is 1020. The molecule has 1 aliphatic carbocycles. The first-order valence-electron chi connectivity index (χ1n) is 10.7. The molecular formula is C25H28N2O3S. The van der Waals surface area contributed by atoms with Crippen molar-refractivity contribution in [2.75, 3.05) is 19.1 Å². The van der Waals surface area contributed by atoms with Crippen molar-refractivity contribution >= 4 is 35.3 Å². The monoisotopic (exact) mass is 436 g/mol. The smallest absolute Gasteiger partial charge is 0.264 e. The molecule has 2 atom stereocenters. The highest BCUT2D eigenvalue weighted by molar-refractivity contribution is 8.04. The number of benzene rings is 2. The van der Waals surface area contributed by atoms with Crippen LogP contribution in [0.2, 0.25) is 0 Å². The minimum absolute atomic E-state index is 0.0630. The van der Waals surface area contributed by atoms with Gasteiger partial charge in [0.2, 0.25) is 0 Å². The number of thioether (sulfide) groups is 1. The van der Waals surface area contributed by atoms with Gasteiger partial charge in [0.15, 0.2) is 0 Å². The third-order valence-corrected chi connectivity index (χ3v) is 7.24. The maximum atomic E-state index is 13.0. The van der Waals surface area contributed by atoms with Crippen molar-refractivity contribution < 1.29 is 14.3 Å². The normalized spacial score (nSPS) is 22.2. The molecule has 0 spiro atoms. The highest BCUT2D eigenvalue weighted by Crippen LogP contribution is 2.42. The molecule has 2 aromatic carbocycles. The second-order valence-electron chi connectivity index (χ2n) is 8.27. The van der Waals surface area contributed by atoms with Crippen LogP contribution in [0.5, 0.6) is 5.75 Å². The molecule has 2 aliphatic rings. The molecule has 5 nitrogen and oxygen atoms in total. The zero-order valence-electron chi connectivity index (χ0n) is 18.2. The lowest BCUT2D eigenvalue weighted by Crippen LogP contribution is -2.41. The van der Waals surface area contributed by atoms with Crippen LogP contribution in [-0.4, -0.2) is 32.0 Å². The minimum atomic E-state index is -0.0771. The molecule has 1 saturated carbocycles. The van der Waals surface area contributed by atoms with E-state index in [1.54, 1.807) is 19.1 Å². The van der Waals surface area contributed by atoms with Gasteiger partial charge in [-0.15, -0.1) is 0 Å². The van der Waals surface area contributed by atoms with Crippen molar-refractivity contribution in [1.82, 2.24) is 5.32 Å². The minimum Gasteiger partial charge on any atom is -0.497 e. The summed E-state index contributed by atoms with van der Waals surface area (Å²) in [6.45, 7) is 2.21. The molecular weight excluding hydrogens is 408 g/mol. The van der Waals surface area contributed by atoms with Crippen LogP contribution in [-0.2, 0) is 4.79 Å². The number of nitrogens with one attached hydrogen (secondary N) is 1. The van der Waals surface area contributed by atoms with E-state index in [-0.39, 0.29) is 17.9 Å². The van der Waals surface area contributed by atoms with E-state index < -0.39 is 0 Å². The first-order valence-corrected chi connectivity index (χ1v) is 11.5. The third-order valence-electron chi connectivity index (χ3n) is 6.16. The van der Waals surface area contributed by atoms with Gasteiger partial charge in [0.05, 0.1) is 17.7 Å². The summed E-state index contributed by atoms with van der Waals surface area (Å²) >= 11 is 1.44. The largest absolute Gasteiger partial charge is 0.497 e. The van der Waals surface area contributed by atoms with Gasteiger partial charge in [-0.2, -0.15) is 0 Å². The summed E-state index contributed by atoms with van der Waals surface area (Å²) in [5, 5.41) is 3.20. The molecule has 6 heteroatoms. The Morgan fingerprint density at radius 2 is 1.90 bits per heavy atom. The molecule has 1 fully saturated rings. The summed E-state index contributed by atoms with van der Waals surface area (Å²) in [4.78, 5) is 29.1. The summed E-state index contributed by atoms with van der Waals surface area (Å²) in [6.07, 6.45) is 6.48. The van der Waals surface area contributed by atoms with Gasteiger partial charge < -0.3 is 15.0 Å². The number of rotatable bonds is 4. The number of carbonyl (C=O) groups excluding carboxylic acids is 2. The number of methoxy groups -OCH3 is 1. The molecule has 1 N–H and O–H groups in total. The van der Waals surface area contributed by atoms with Gasteiger partial charge in [-0.25, -0.2) is 0 Å². The lowest BCUT2D eigenvalue weighted by atomic mass is 9.86. The van der Waals surface area contributed by atoms with Crippen LogP contribution in [0.4, 0.5) is 5.69 Å². The van der Waals surface area contributed by atoms with E-state index in [9.17, 15) is 9.59 Å². The molecule has 0 unspecified atom stereocenters. The van der Waals surface area contributed by atoms with E-state index in [1.165, 1.54) is 18.2 Å². The number of carbonyl (C=O) groups is 2. The fourth-order valence-corrected chi connectivity index (χ4v) is 5.26. The SMILES string of the molecule is COc1ccc(/C=C2\Sc3ccc(C(=O)N[C@H]4CCCC[C@H]4C)cc3N(C)C2=O)cc1. The fraction of sp³-hybridized carbons (Fsp3) is 0.360. The molecule has 0 radical (unpaired) electrons. The maximum absolute atomic E-state index is 13.0. The maximum Gasteiger partial charge on any atom is 0.264 e. The predicted octanol–water partition coefficient (Wildman–Crippen LogP) is 5.11. The van der Waals surface area contributed by atoms with Crippen molar-refractivity contribution in [3.63, 3.8) is 0 Å². The van der Waals surface area contributed by atoms with E-state index in [1.807, 2.05) is 48.5 Å². The summed E-state index contributed by atoms with van der Waals surface area (Å²) in [7, 11) is 3.39. The molecule has 0 aromatic heterocycles. The number of fused-ring (bicyclic) bond motifs is 1. The van der Waals surface area contributed by atoms with Crippen molar-refractivity contribution in [2.24, 2.45) is 5.92 Å². The van der Waals surface area contributed by atoms with Gasteiger partial charge in [0.25, 0.3) is 11.8 Å². The first-order chi connectivity index (χ1) is 15.0. The highest BCUT2D eigenvalue weighted by atomic mass is 32.2. The van der Waals surface area contributed by atoms with Crippen molar-refractivity contribution in [3.05, 3.63) is 58.5 Å². The second kappa shape index (κ2) is 9.18. The standard InChI is InChI=1S/C25H28N2O3S/c1-16-6-4-5-7-20(16)26-24(28)18-10-13-22-21(15-18)27(2)25(29)23(31-22)14-17-8-11-19(30-3)12-9-17/h8-16,20H,4-7H2,1-3H3,(H,26,28)/b23-14-/t16-,20+/m1/s1. The van der Waals surface area contributed by atoms with Gasteiger partial charge in [0.1, 0.15) is 5.75 Å². The summed E-state index contributed by atoms with van der Waals surface area (Å²) in [5.41, 5.74) is 2.30. The van der Waals surface area contributed by atoms with E-state index in [4.69, 9.17) is 4.74 Å². The molecule has 2 amide bonds. The van der Waals surface area contributed by atoms with Crippen LogP contribution < -0.4 is 15.0 Å². The molecule has 0 saturated heterocycles. The number of hydrogen-bond acceptors (Lipinski definition) is 4. The Kier molecular flexibility index (Phi) is 6.37. The zero-order chi connectivity index (χ0) is 22.0. The molecule has 4 rings (SSSR count). The van der Waals surface area contributed by atoms with Crippen molar-refractivity contribution in [2.45, 2.75) is 43.5 Å². The van der Waals surface area contributed by atoms with Crippen LogP contribution in [0.3, 0.4) is 0 Å². The number of hydrogen-bond donors (Lipinski definition) is 1. The number of likely N-dealkylation sites (N-methyl/N-ethyl adjacent to an activating group) is 1. The first kappa shape index (κ1) is 21.5. The van der Waals surface area contributed by atoms with Gasteiger partial charge >= 0.3 is 0 Å². The fourth-order valence-electron chi connectivity index (χ4n) is 4.17. The Balaban J connectivity index is 1.54.